The molecule has 166 valence electrons. The quantitative estimate of drug-likeness (QED) is 0.342. The molecule has 2 aromatic heterocycles. The SMILES string of the molecule is CCOc1ccc(N2C(=S)N[C@H](c3ccccn3)[C@H]2c2cccn2-c2cccc(Cl)c2)cc1. The first kappa shape index (κ1) is 21.5. The number of hydrogen-bond acceptors (Lipinski definition) is 3. The lowest BCUT2D eigenvalue weighted by Crippen LogP contribution is -2.30. The molecule has 5 nitrogen and oxygen atoms in total. The number of hydrogen-bond donors (Lipinski definition) is 1. The largest absolute Gasteiger partial charge is 0.494 e. The summed E-state index contributed by atoms with van der Waals surface area (Å²) >= 11 is 12.1. The Morgan fingerprint density at radius 1 is 1.00 bits per heavy atom. The second-order valence-electron chi connectivity index (χ2n) is 7.71. The summed E-state index contributed by atoms with van der Waals surface area (Å²) < 4.78 is 7.79. The first-order valence-electron chi connectivity index (χ1n) is 10.8. The number of anilines is 1. The van der Waals surface area contributed by atoms with Gasteiger partial charge in [-0.3, -0.25) is 4.98 Å². The fraction of sp³-hybridized carbons (Fsp3) is 0.154. The Balaban J connectivity index is 1.63. The summed E-state index contributed by atoms with van der Waals surface area (Å²) in [4.78, 5) is 6.79. The molecule has 3 heterocycles. The molecule has 0 unspecified atom stereocenters. The standard InChI is InChI=1S/C26H23ClN4OS/c1-2-32-21-13-11-19(12-14-21)31-25(24(29-26(31)33)22-9-3-4-15-28-22)23-10-6-16-30(23)20-8-5-7-18(27)17-20/h3-17,24-25H,2H2,1H3,(H,29,33)/t24-,25-/m1/s1. The number of benzene rings is 2. The van der Waals surface area contributed by atoms with Crippen LogP contribution in [-0.4, -0.2) is 21.3 Å². The van der Waals surface area contributed by atoms with Crippen LogP contribution in [0, 0.1) is 0 Å². The van der Waals surface area contributed by atoms with Crippen LogP contribution in [0.15, 0.2) is 91.3 Å². The first-order chi connectivity index (χ1) is 16.2. The van der Waals surface area contributed by atoms with Crippen molar-refractivity contribution in [1.82, 2.24) is 14.9 Å². The minimum Gasteiger partial charge on any atom is -0.494 e. The van der Waals surface area contributed by atoms with Crippen LogP contribution in [-0.2, 0) is 0 Å². The molecule has 1 saturated heterocycles. The molecular weight excluding hydrogens is 452 g/mol. The monoisotopic (exact) mass is 474 g/mol. The maximum atomic E-state index is 6.31. The summed E-state index contributed by atoms with van der Waals surface area (Å²) in [6.45, 7) is 2.60. The van der Waals surface area contributed by atoms with E-state index in [1.54, 1.807) is 0 Å². The van der Waals surface area contributed by atoms with Gasteiger partial charge in [0.25, 0.3) is 0 Å². The number of ether oxygens (including phenoxy) is 1. The molecule has 2 aromatic carbocycles. The van der Waals surface area contributed by atoms with Crippen molar-refractivity contribution in [3.8, 4) is 11.4 Å². The van der Waals surface area contributed by atoms with Gasteiger partial charge in [-0.05, 0) is 85.9 Å². The normalized spacial score (nSPS) is 17.8. The third-order valence-corrected chi connectivity index (χ3v) is 6.24. The van der Waals surface area contributed by atoms with Crippen LogP contribution in [0.1, 0.15) is 30.4 Å². The summed E-state index contributed by atoms with van der Waals surface area (Å²) in [7, 11) is 0. The second-order valence-corrected chi connectivity index (χ2v) is 8.53. The van der Waals surface area contributed by atoms with E-state index >= 15 is 0 Å². The van der Waals surface area contributed by atoms with Gasteiger partial charge in [-0.15, -0.1) is 0 Å². The maximum Gasteiger partial charge on any atom is 0.174 e. The lowest BCUT2D eigenvalue weighted by atomic mass is 10.0. The molecular formula is C26H23ClN4OS. The van der Waals surface area contributed by atoms with Gasteiger partial charge in [0.2, 0.25) is 0 Å². The van der Waals surface area contributed by atoms with E-state index in [1.807, 2.05) is 92.1 Å². The maximum absolute atomic E-state index is 6.31. The summed E-state index contributed by atoms with van der Waals surface area (Å²) in [6.07, 6.45) is 3.86. The number of pyridine rings is 1. The highest BCUT2D eigenvalue weighted by Gasteiger charge is 2.42. The predicted molar refractivity (Wildman–Crippen MR) is 136 cm³/mol. The van der Waals surface area contributed by atoms with E-state index in [1.165, 1.54) is 0 Å². The van der Waals surface area contributed by atoms with Crippen molar-refractivity contribution in [1.29, 1.82) is 0 Å². The molecule has 0 amide bonds. The zero-order valence-electron chi connectivity index (χ0n) is 18.1. The van der Waals surface area contributed by atoms with Gasteiger partial charge >= 0.3 is 0 Å². The Labute approximate surface area is 203 Å². The smallest absolute Gasteiger partial charge is 0.174 e. The number of nitrogens with one attached hydrogen (secondary N) is 1. The van der Waals surface area contributed by atoms with Crippen LogP contribution in [0.4, 0.5) is 5.69 Å². The van der Waals surface area contributed by atoms with Gasteiger partial charge in [-0.2, -0.15) is 0 Å². The molecule has 2 atom stereocenters. The van der Waals surface area contributed by atoms with Crippen molar-refractivity contribution in [2.45, 2.75) is 19.0 Å². The molecule has 33 heavy (non-hydrogen) atoms. The van der Waals surface area contributed by atoms with Gasteiger partial charge in [0.1, 0.15) is 11.8 Å². The fourth-order valence-corrected chi connectivity index (χ4v) is 4.83. The van der Waals surface area contributed by atoms with Gasteiger partial charge < -0.3 is 19.5 Å². The highest BCUT2D eigenvalue weighted by molar-refractivity contribution is 7.80. The van der Waals surface area contributed by atoms with E-state index in [0.29, 0.717) is 16.7 Å². The summed E-state index contributed by atoms with van der Waals surface area (Å²) in [5.74, 6) is 0.833. The molecule has 1 fully saturated rings. The summed E-state index contributed by atoms with van der Waals surface area (Å²) in [6, 6.07) is 25.7. The molecule has 0 spiro atoms. The molecule has 0 radical (unpaired) electrons. The van der Waals surface area contributed by atoms with E-state index < -0.39 is 0 Å². The van der Waals surface area contributed by atoms with Crippen LogP contribution in [0.5, 0.6) is 5.75 Å². The molecule has 0 aliphatic carbocycles. The molecule has 7 heteroatoms. The van der Waals surface area contributed by atoms with Gasteiger partial charge in [0.05, 0.1) is 18.3 Å². The minimum absolute atomic E-state index is 0.126. The molecule has 0 bridgehead atoms. The summed E-state index contributed by atoms with van der Waals surface area (Å²) in [5, 5.41) is 4.85. The molecule has 1 aliphatic heterocycles. The van der Waals surface area contributed by atoms with Crippen molar-refractivity contribution >= 4 is 34.6 Å². The Morgan fingerprint density at radius 2 is 1.85 bits per heavy atom. The van der Waals surface area contributed by atoms with Crippen LogP contribution < -0.4 is 15.0 Å². The minimum atomic E-state index is -0.127. The average Bonchev–Trinajstić information content (AvgIpc) is 3.45. The predicted octanol–water partition coefficient (Wildman–Crippen LogP) is 6.10. The first-order valence-corrected chi connectivity index (χ1v) is 11.6. The van der Waals surface area contributed by atoms with Crippen LogP contribution in [0.3, 0.4) is 0 Å². The van der Waals surface area contributed by atoms with Gasteiger partial charge in [0, 0.05) is 34.5 Å². The van der Waals surface area contributed by atoms with Gasteiger partial charge in [-0.1, -0.05) is 23.7 Å². The van der Waals surface area contributed by atoms with Crippen molar-refractivity contribution < 1.29 is 4.74 Å². The van der Waals surface area contributed by atoms with Crippen molar-refractivity contribution in [3.05, 3.63) is 108 Å². The molecule has 0 saturated carbocycles. The highest BCUT2D eigenvalue weighted by Crippen LogP contribution is 2.42. The molecule has 5 rings (SSSR count). The van der Waals surface area contributed by atoms with Crippen molar-refractivity contribution in [2.75, 3.05) is 11.5 Å². The third kappa shape index (κ3) is 4.19. The Morgan fingerprint density at radius 3 is 2.58 bits per heavy atom. The number of rotatable bonds is 6. The van der Waals surface area contributed by atoms with Gasteiger partial charge in [0.15, 0.2) is 5.11 Å². The highest BCUT2D eigenvalue weighted by atomic mass is 35.5. The van der Waals surface area contributed by atoms with Crippen LogP contribution >= 0.6 is 23.8 Å². The molecule has 1 N–H and O–H groups in total. The van der Waals surface area contributed by atoms with Gasteiger partial charge in [-0.25, -0.2) is 0 Å². The van der Waals surface area contributed by atoms with E-state index in [0.717, 1.165) is 28.5 Å². The zero-order valence-corrected chi connectivity index (χ0v) is 19.6. The van der Waals surface area contributed by atoms with E-state index in [4.69, 9.17) is 28.6 Å². The Bertz CT molecular complexity index is 1260. The average molecular weight is 475 g/mol. The van der Waals surface area contributed by atoms with Crippen molar-refractivity contribution in [3.63, 3.8) is 0 Å². The number of nitrogens with zero attached hydrogens (tertiary/aromatic N) is 3. The van der Waals surface area contributed by atoms with E-state index in [2.05, 4.69) is 25.8 Å². The molecule has 1 aliphatic rings. The summed E-state index contributed by atoms with van der Waals surface area (Å²) in [5.41, 5.74) is 3.98. The Kier molecular flexibility index (Phi) is 6.03. The van der Waals surface area contributed by atoms with Crippen LogP contribution in [0.25, 0.3) is 5.69 Å². The second kappa shape index (κ2) is 9.25. The number of thiocarbonyl (C=S) groups is 1. The van der Waals surface area contributed by atoms with E-state index in [9.17, 15) is 0 Å². The third-order valence-electron chi connectivity index (χ3n) is 5.69. The number of halogens is 1. The van der Waals surface area contributed by atoms with Crippen molar-refractivity contribution in [2.24, 2.45) is 0 Å². The fourth-order valence-electron chi connectivity index (χ4n) is 4.30. The topological polar surface area (TPSA) is 42.3 Å². The van der Waals surface area contributed by atoms with Crippen LogP contribution in [0.2, 0.25) is 5.02 Å². The molecule has 4 aromatic rings. The zero-order chi connectivity index (χ0) is 22.8. The lowest BCUT2D eigenvalue weighted by Gasteiger charge is -2.29. The van der Waals surface area contributed by atoms with E-state index in [-0.39, 0.29) is 12.1 Å². The number of aromatic nitrogens is 2. The lowest BCUT2D eigenvalue weighted by molar-refractivity contribution is 0.340. The Hall–Kier alpha value is -3.35.